The molecule has 0 N–H and O–H groups in total. The molecule has 1 heterocycles. The number of benzene rings is 2. The SMILES string of the molecule is O=P(/C=C/c1ccco1)(c1ccccc1)c1ccccc1. The van der Waals surface area contributed by atoms with E-state index >= 15 is 0 Å². The first-order valence-electron chi connectivity index (χ1n) is 6.73. The molecule has 3 heteroatoms. The van der Waals surface area contributed by atoms with E-state index in [9.17, 15) is 4.57 Å². The van der Waals surface area contributed by atoms with E-state index in [1.54, 1.807) is 18.2 Å². The number of hydrogen-bond donors (Lipinski definition) is 0. The minimum Gasteiger partial charge on any atom is -0.465 e. The molecule has 0 aliphatic rings. The summed E-state index contributed by atoms with van der Waals surface area (Å²) in [5, 5.41) is 1.64. The van der Waals surface area contributed by atoms with Gasteiger partial charge in [-0.1, -0.05) is 60.7 Å². The fraction of sp³-hybridized carbons (Fsp3) is 0. The highest BCUT2D eigenvalue weighted by Gasteiger charge is 2.23. The van der Waals surface area contributed by atoms with Crippen LogP contribution in [0.2, 0.25) is 0 Å². The van der Waals surface area contributed by atoms with Gasteiger partial charge in [0.25, 0.3) is 0 Å². The van der Waals surface area contributed by atoms with E-state index < -0.39 is 7.14 Å². The van der Waals surface area contributed by atoms with Gasteiger partial charge < -0.3 is 8.98 Å². The summed E-state index contributed by atoms with van der Waals surface area (Å²) in [6.45, 7) is 0. The van der Waals surface area contributed by atoms with Crippen molar-refractivity contribution in [3.05, 3.63) is 90.6 Å². The van der Waals surface area contributed by atoms with Gasteiger partial charge in [-0.2, -0.15) is 0 Å². The lowest BCUT2D eigenvalue weighted by atomic mass is 10.4. The average Bonchev–Trinajstić information content (AvgIpc) is 3.08. The molecule has 0 fully saturated rings. The highest BCUT2D eigenvalue weighted by Crippen LogP contribution is 2.45. The summed E-state index contributed by atoms with van der Waals surface area (Å²) in [4.78, 5) is 0. The summed E-state index contributed by atoms with van der Waals surface area (Å²) in [6, 6.07) is 22.8. The average molecular weight is 294 g/mol. The van der Waals surface area contributed by atoms with E-state index in [0.717, 1.165) is 10.6 Å². The number of furan rings is 1. The molecule has 104 valence electrons. The quantitative estimate of drug-likeness (QED) is 0.673. The Morgan fingerprint density at radius 2 is 1.33 bits per heavy atom. The monoisotopic (exact) mass is 294 g/mol. The van der Waals surface area contributed by atoms with Gasteiger partial charge in [0.15, 0.2) is 7.14 Å². The fourth-order valence-corrected chi connectivity index (χ4v) is 4.41. The summed E-state index contributed by atoms with van der Waals surface area (Å²) in [5.74, 6) is 2.46. The highest BCUT2D eigenvalue weighted by molar-refractivity contribution is 7.81. The molecule has 0 atom stereocenters. The lowest BCUT2D eigenvalue weighted by molar-refractivity contribution is 0.557. The topological polar surface area (TPSA) is 30.2 Å². The molecule has 21 heavy (non-hydrogen) atoms. The molecule has 2 nitrogen and oxygen atoms in total. The molecular formula is C18H15O2P. The Labute approximate surface area is 124 Å². The van der Waals surface area contributed by atoms with Crippen molar-refractivity contribution in [2.45, 2.75) is 0 Å². The Bertz CT molecular complexity index is 716. The van der Waals surface area contributed by atoms with Gasteiger partial charge in [-0.15, -0.1) is 0 Å². The minimum atomic E-state index is -2.81. The summed E-state index contributed by atoms with van der Waals surface area (Å²) in [5.41, 5.74) is 0. The molecular weight excluding hydrogens is 279 g/mol. The summed E-state index contributed by atoms with van der Waals surface area (Å²) < 4.78 is 18.9. The van der Waals surface area contributed by atoms with E-state index in [-0.39, 0.29) is 0 Å². The molecule has 0 radical (unpaired) electrons. The third-order valence-electron chi connectivity index (χ3n) is 3.27. The van der Waals surface area contributed by atoms with Crippen LogP contribution in [0.15, 0.2) is 89.3 Å². The van der Waals surface area contributed by atoms with E-state index in [0.29, 0.717) is 5.76 Å². The zero-order chi connectivity index (χ0) is 14.5. The van der Waals surface area contributed by atoms with Crippen LogP contribution in [0, 0.1) is 0 Å². The van der Waals surface area contributed by atoms with Gasteiger partial charge in [-0.25, -0.2) is 0 Å². The Morgan fingerprint density at radius 3 is 1.81 bits per heavy atom. The Balaban J connectivity index is 2.10. The van der Waals surface area contributed by atoms with Crippen LogP contribution in [0.1, 0.15) is 5.76 Å². The standard InChI is InChI=1S/C18H15O2P/c19-21(17-9-3-1-4-10-17,18-11-5-2-6-12-18)15-13-16-8-7-14-20-16/h1-15H/b15-13+. The van der Waals surface area contributed by atoms with Crippen LogP contribution in [0.5, 0.6) is 0 Å². The van der Waals surface area contributed by atoms with Crippen molar-refractivity contribution in [2.75, 3.05) is 0 Å². The van der Waals surface area contributed by atoms with Crippen LogP contribution in [-0.4, -0.2) is 0 Å². The highest BCUT2D eigenvalue weighted by atomic mass is 31.2. The largest absolute Gasteiger partial charge is 0.465 e. The lowest BCUT2D eigenvalue weighted by Gasteiger charge is -2.15. The van der Waals surface area contributed by atoms with Gasteiger partial charge in [-0.05, 0) is 24.0 Å². The summed E-state index contributed by atoms with van der Waals surface area (Å²) in [6.07, 6.45) is 3.39. The van der Waals surface area contributed by atoms with Crippen LogP contribution in [-0.2, 0) is 4.57 Å². The lowest BCUT2D eigenvalue weighted by Crippen LogP contribution is -2.13. The molecule has 0 saturated heterocycles. The second-order valence-corrected chi connectivity index (χ2v) is 7.31. The minimum absolute atomic E-state index is 0.696. The number of hydrogen-bond acceptors (Lipinski definition) is 2. The van der Waals surface area contributed by atoms with Crippen molar-refractivity contribution in [1.29, 1.82) is 0 Å². The van der Waals surface area contributed by atoms with Crippen molar-refractivity contribution < 1.29 is 8.98 Å². The third kappa shape index (κ3) is 2.91. The van der Waals surface area contributed by atoms with Crippen molar-refractivity contribution in [3.8, 4) is 0 Å². The fourth-order valence-electron chi connectivity index (χ4n) is 2.18. The predicted octanol–water partition coefficient (Wildman–Crippen LogP) is 4.26. The van der Waals surface area contributed by atoms with Crippen LogP contribution >= 0.6 is 7.14 Å². The maximum atomic E-state index is 13.6. The second-order valence-electron chi connectivity index (χ2n) is 4.66. The Morgan fingerprint density at radius 1 is 0.762 bits per heavy atom. The van der Waals surface area contributed by atoms with E-state index in [2.05, 4.69) is 0 Å². The first-order chi connectivity index (χ1) is 10.3. The van der Waals surface area contributed by atoms with Gasteiger partial charge in [0.1, 0.15) is 5.76 Å². The molecule has 2 aromatic carbocycles. The van der Waals surface area contributed by atoms with Gasteiger partial charge in [0.2, 0.25) is 0 Å². The second kappa shape index (κ2) is 5.99. The molecule has 0 unspecified atom stereocenters. The molecule has 0 spiro atoms. The molecule has 0 amide bonds. The van der Waals surface area contributed by atoms with E-state index in [1.165, 1.54) is 0 Å². The molecule has 0 saturated carbocycles. The smallest absolute Gasteiger partial charge is 0.164 e. The zero-order valence-electron chi connectivity index (χ0n) is 11.4. The van der Waals surface area contributed by atoms with Gasteiger partial charge in [-0.3, -0.25) is 0 Å². The molecule has 3 aromatic rings. The van der Waals surface area contributed by atoms with Crippen molar-refractivity contribution in [1.82, 2.24) is 0 Å². The molecule has 0 aliphatic heterocycles. The van der Waals surface area contributed by atoms with Crippen LogP contribution < -0.4 is 10.6 Å². The third-order valence-corrected chi connectivity index (χ3v) is 5.97. The first kappa shape index (κ1) is 13.7. The van der Waals surface area contributed by atoms with Crippen LogP contribution in [0.4, 0.5) is 0 Å². The molecule has 3 rings (SSSR count). The summed E-state index contributed by atoms with van der Waals surface area (Å²) in [7, 11) is -2.81. The molecule has 0 bridgehead atoms. The maximum absolute atomic E-state index is 13.6. The van der Waals surface area contributed by atoms with E-state index in [1.807, 2.05) is 72.8 Å². The van der Waals surface area contributed by atoms with Gasteiger partial charge >= 0.3 is 0 Å². The summed E-state index contributed by atoms with van der Waals surface area (Å²) >= 11 is 0. The van der Waals surface area contributed by atoms with Crippen molar-refractivity contribution >= 4 is 23.8 Å². The van der Waals surface area contributed by atoms with Crippen LogP contribution in [0.25, 0.3) is 6.08 Å². The van der Waals surface area contributed by atoms with Gasteiger partial charge in [0.05, 0.1) is 6.26 Å². The van der Waals surface area contributed by atoms with E-state index in [4.69, 9.17) is 4.42 Å². The zero-order valence-corrected chi connectivity index (χ0v) is 12.3. The first-order valence-corrected chi connectivity index (χ1v) is 8.50. The van der Waals surface area contributed by atoms with Crippen molar-refractivity contribution in [3.63, 3.8) is 0 Å². The van der Waals surface area contributed by atoms with Gasteiger partial charge in [0, 0.05) is 10.6 Å². The predicted molar refractivity (Wildman–Crippen MR) is 87.5 cm³/mol. The molecule has 1 aromatic heterocycles. The number of rotatable bonds is 4. The van der Waals surface area contributed by atoms with Crippen molar-refractivity contribution in [2.24, 2.45) is 0 Å². The normalized spacial score (nSPS) is 11.8. The maximum Gasteiger partial charge on any atom is 0.164 e. The Hall–Kier alpha value is -2.31. The molecule has 0 aliphatic carbocycles. The Kier molecular flexibility index (Phi) is 3.89. The van der Waals surface area contributed by atoms with Crippen LogP contribution in [0.3, 0.4) is 0 Å².